The maximum absolute atomic E-state index is 12.5. The fourth-order valence-electron chi connectivity index (χ4n) is 2.83. The summed E-state index contributed by atoms with van der Waals surface area (Å²) in [6, 6.07) is 3.52. The molecule has 1 fully saturated rings. The highest BCUT2D eigenvalue weighted by molar-refractivity contribution is 7.91. The molecule has 1 heterocycles. The number of phenolic OH excluding ortho intramolecular Hbond substituents is 1. The summed E-state index contributed by atoms with van der Waals surface area (Å²) in [6.07, 6.45) is 0.379. The van der Waals surface area contributed by atoms with Gasteiger partial charge in [0.2, 0.25) is 0 Å². The first-order valence-corrected chi connectivity index (χ1v) is 10.4. The van der Waals surface area contributed by atoms with Crippen molar-refractivity contribution in [2.24, 2.45) is 5.92 Å². The number of halogens is 1. The number of sulfone groups is 1. The third kappa shape index (κ3) is 5.35. The van der Waals surface area contributed by atoms with E-state index in [1.807, 2.05) is 13.8 Å². The van der Waals surface area contributed by atoms with Gasteiger partial charge in [0.25, 0.3) is 5.91 Å². The van der Waals surface area contributed by atoms with E-state index in [1.54, 1.807) is 0 Å². The van der Waals surface area contributed by atoms with Crippen LogP contribution in [0.5, 0.6) is 5.75 Å². The Kier molecular flexibility index (Phi) is 6.52. The normalized spacial score (nSPS) is 18.7. The van der Waals surface area contributed by atoms with Crippen LogP contribution >= 0.6 is 11.6 Å². The molecule has 0 aromatic heterocycles. The fourth-order valence-corrected chi connectivity index (χ4v) is 4.73. The number of carbonyl (C=O) groups excluding carboxylic acids is 2. The zero-order valence-electron chi connectivity index (χ0n) is 14.6. The number of esters is 1. The van der Waals surface area contributed by atoms with Gasteiger partial charge in [-0.3, -0.25) is 4.79 Å². The predicted octanol–water partition coefficient (Wildman–Crippen LogP) is 1.87. The standard InChI is InChI=1S/C17H22ClNO6S/c1-11(2)8-19(13-5-6-26(23,24)10-13)16(21)9-25-17(22)14-7-12(18)3-4-15(14)20/h3-4,7,11,13,20H,5-6,8-10H2,1-2H3/t13-/m1/s1. The maximum atomic E-state index is 12.5. The zero-order valence-corrected chi connectivity index (χ0v) is 16.2. The summed E-state index contributed by atoms with van der Waals surface area (Å²) in [5, 5.41) is 9.96. The van der Waals surface area contributed by atoms with Gasteiger partial charge in [-0.25, -0.2) is 13.2 Å². The Hall–Kier alpha value is -1.80. The van der Waals surface area contributed by atoms with Crippen molar-refractivity contribution in [2.45, 2.75) is 26.3 Å². The third-order valence-corrected chi connectivity index (χ3v) is 6.02. The van der Waals surface area contributed by atoms with Crippen LogP contribution in [-0.2, 0) is 19.4 Å². The highest BCUT2D eigenvalue weighted by atomic mass is 35.5. The van der Waals surface area contributed by atoms with E-state index >= 15 is 0 Å². The van der Waals surface area contributed by atoms with Gasteiger partial charge in [-0.05, 0) is 30.5 Å². The van der Waals surface area contributed by atoms with Crippen LogP contribution in [-0.4, -0.2) is 61.0 Å². The molecule has 0 saturated carbocycles. The number of ether oxygens (including phenoxy) is 1. The molecular formula is C17H22ClNO6S. The van der Waals surface area contributed by atoms with E-state index in [4.69, 9.17) is 16.3 Å². The first-order chi connectivity index (χ1) is 12.1. The number of phenols is 1. The Balaban J connectivity index is 2.05. The van der Waals surface area contributed by atoms with Crippen molar-refractivity contribution in [1.82, 2.24) is 4.90 Å². The van der Waals surface area contributed by atoms with Crippen LogP contribution in [0.1, 0.15) is 30.6 Å². The number of aromatic hydroxyl groups is 1. The molecule has 1 aromatic carbocycles. The second-order valence-electron chi connectivity index (χ2n) is 6.73. The van der Waals surface area contributed by atoms with Crippen molar-refractivity contribution in [3.8, 4) is 5.75 Å². The number of carbonyl (C=O) groups is 2. The second kappa shape index (κ2) is 8.26. The van der Waals surface area contributed by atoms with Crippen LogP contribution in [0, 0.1) is 5.92 Å². The zero-order chi connectivity index (χ0) is 19.5. The molecule has 1 aliphatic heterocycles. The molecule has 0 radical (unpaired) electrons. The number of nitrogens with zero attached hydrogens (tertiary/aromatic N) is 1. The largest absolute Gasteiger partial charge is 0.507 e. The smallest absolute Gasteiger partial charge is 0.342 e. The van der Waals surface area contributed by atoms with Gasteiger partial charge in [-0.1, -0.05) is 25.4 Å². The number of amides is 1. The number of rotatable bonds is 6. The third-order valence-electron chi connectivity index (χ3n) is 4.04. The van der Waals surface area contributed by atoms with Crippen LogP contribution in [0.15, 0.2) is 18.2 Å². The number of hydrogen-bond donors (Lipinski definition) is 1. The molecule has 1 N–H and O–H groups in total. The van der Waals surface area contributed by atoms with Gasteiger partial charge < -0.3 is 14.7 Å². The first kappa shape index (κ1) is 20.5. The highest BCUT2D eigenvalue weighted by Crippen LogP contribution is 2.23. The van der Waals surface area contributed by atoms with E-state index < -0.39 is 34.4 Å². The lowest BCUT2D eigenvalue weighted by atomic mass is 10.1. The summed E-state index contributed by atoms with van der Waals surface area (Å²) in [6.45, 7) is 3.67. The topological polar surface area (TPSA) is 101 Å². The minimum Gasteiger partial charge on any atom is -0.507 e. The van der Waals surface area contributed by atoms with Crippen molar-refractivity contribution < 1.29 is 27.9 Å². The predicted molar refractivity (Wildman–Crippen MR) is 97.0 cm³/mol. The van der Waals surface area contributed by atoms with Gasteiger partial charge in [-0.2, -0.15) is 0 Å². The first-order valence-electron chi connectivity index (χ1n) is 8.24. The Morgan fingerprint density at radius 1 is 1.38 bits per heavy atom. The van der Waals surface area contributed by atoms with Gasteiger partial charge in [-0.15, -0.1) is 0 Å². The van der Waals surface area contributed by atoms with Crippen LogP contribution in [0.4, 0.5) is 0 Å². The molecular weight excluding hydrogens is 382 g/mol. The van der Waals surface area contributed by atoms with E-state index in [1.165, 1.54) is 23.1 Å². The molecule has 1 aromatic rings. The Bertz CT molecular complexity index is 792. The average Bonchev–Trinajstić information content (AvgIpc) is 2.91. The fraction of sp³-hybridized carbons (Fsp3) is 0.529. The van der Waals surface area contributed by atoms with Crippen molar-refractivity contribution in [3.63, 3.8) is 0 Å². The molecule has 144 valence electrons. The van der Waals surface area contributed by atoms with Gasteiger partial charge in [0.05, 0.1) is 11.5 Å². The molecule has 1 atom stereocenters. The number of benzene rings is 1. The van der Waals surface area contributed by atoms with Crippen molar-refractivity contribution >= 4 is 33.3 Å². The SMILES string of the molecule is CC(C)CN(C(=O)COC(=O)c1cc(Cl)ccc1O)[C@@H]1CCS(=O)(=O)C1. The molecule has 0 bridgehead atoms. The molecule has 0 unspecified atom stereocenters. The minimum absolute atomic E-state index is 0.0513. The monoisotopic (exact) mass is 403 g/mol. The van der Waals surface area contributed by atoms with Gasteiger partial charge in [0, 0.05) is 17.6 Å². The molecule has 26 heavy (non-hydrogen) atoms. The summed E-state index contributed by atoms with van der Waals surface area (Å²) < 4.78 is 28.4. The lowest BCUT2D eigenvalue weighted by molar-refractivity contribution is -0.137. The quantitative estimate of drug-likeness (QED) is 0.727. The summed E-state index contributed by atoms with van der Waals surface area (Å²) in [4.78, 5) is 26.1. The van der Waals surface area contributed by atoms with E-state index in [9.17, 15) is 23.1 Å². The Morgan fingerprint density at radius 3 is 2.65 bits per heavy atom. The van der Waals surface area contributed by atoms with Gasteiger partial charge >= 0.3 is 5.97 Å². The molecule has 7 nitrogen and oxygen atoms in total. The van der Waals surface area contributed by atoms with Gasteiger partial charge in [0.15, 0.2) is 16.4 Å². The molecule has 9 heteroatoms. The van der Waals surface area contributed by atoms with Crippen molar-refractivity contribution in [2.75, 3.05) is 24.7 Å². The molecule has 0 aliphatic carbocycles. The van der Waals surface area contributed by atoms with Crippen molar-refractivity contribution in [3.05, 3.63) is 28.8 Å². The lowest BCUT2D eigenvalue weighted by Crippen LogP contribution is -2.45. The molecule has 0 spiro atoms. The minimum atomic E-state index is -3.14. The maximum Gasteiger partial charge on any atom is 0.342 e. The molecule has 1 saturated heterocycles. The summed E-state index contributed by atoms with van der Waals surface area (Å²) in [5.74, 6) is -1.52. The van der Waals surface area contributed by atoms with Crippen LogP contribution in [0.25, 0.3) is 0 Å². The summed E-state index contributed by atoms with van der Waals surface area (Å²) >= 11 is 5.79. The van der Waals surface area contributed by atoms with Crippen LogP contribution in [0.3, 0.4) is 0 Å². The molecule has 1 aliphatic rings. The Morgan fingerprint density at radius 2 is 2.08 bits per heavy atom. The Labute approximate surface area is 157 Å². The number of hydrogen-bond acceptors (Lipinski definition) is 6. The lowest BCUT2D eigenvalue weighted by Gasteiger charge is -2.29. The van der Waals surface area contributed by atoms with E-state index in [0.29, 0.717) is 13.0 Å². The van der Waals surface area contributed by atoms with E-state index in [-0.39, 0.29) is 33.8 Å². The van der Waals surface area contributed by atoms with Gasteiger partial charge in [0.1, 0.15) is 11.3 Å². The van der Waals surface area contributed by atoms with E-state index in [0.717, 1.165) is 0 Å². The summed E-state index contributed by atoms with van der Waals surface area (Å²) in [7, 11) is -3.14. The average molecular weight is 404 g/mol. The van der Waals surface area contributed by atoms with Crippen LogP contribution in [0.2, 0.25) is 5.02 Å². The van der Waals surface area contributed by atoms with Crippen LogP contribution < -0.4 is 0 Å². The second-order valence-corrected chi connectivity index (χ2v) is 9.40. The molecule has 2 rings (SSSR count). The van der Waals surface area contributed by atoms with Crippen molar-refractivity contribution in [1.29, 1.82) is 0 Å². The molecule has 1 amide bonds. The summed E-state index contributed by atoms with van der Waals surface area (Å²) in [5.41, 5.74) is -0.135. The van der Waals surface area contributed by atoms with E-state index in [2.05, 4.69) is 0 Å². The highest BCUT2D eigenvalue weighted by Gasteiger charge is 2.35.